The summed E-state index contributed by atoms with van der Waals surface area (Å²) in [6, 6.07) is 2.03. The topological polar surface area (TPSA) is 75.5 Å². The number of piperidine rings is 1. The van der Waals surface area contributed by atoms with Gasteiger partial charge in [-0.25, -0.2) is 9.97 Å². The molecule has 3 atom stereocenters. The lowest BCUT2D eigenvalue weighted by molar-refractivity contribution is -0.148. The molecule has 1 amide bonds. The van der Waals surface area contributed by atoms with Crippen molar-refractivity contribution in [1.82, 2.24) is 24.3 Å². The molecule has 2 fully saturated rings. The second-order valence-corrected chi connectivity index (χ2v) is 7.86. The summed E-state index contributed by atoms with van der Waals surface area (Å²) in [5, 5.41) is 0. The van der Waals surface area contributed by atoms with E-state index in [1.165, 1.54) is 0 Å². The normalized spacial score (nSPS) is 26.7. The zero-order valence-corrected chi connectivity index (χ0v) is 15.6. The van der Waals surface area contributed by atoms with Gasteiger partial charge in [0.25, 0.3) is 5.91 Å². The molecule has 0 aliphatic carbocycles. The minimum atomic E-state index is -0.259. The molecule has 0 aromatic carbocycles. The Bertz CT molecular complexity index is 971. The number of ether oxygens (including phenoxy) is 1. The predicted octanol–water partition coefficient (Wildman–Crippen LogP) is 2.73. The molecular weight excluding hydrogens is 342 g/mol. The second-order valence-electron chi connectivity index (χ2n) is 7.86. The zero-order chi connectivity index (χ0) is 18.4. The van der Waals surface area contributed by atoms with Crippen LogP contribution in [0.2, 0.25) is 0 Å². The van der Waals surface area contributed by atoms with Crippen LogP contribution in [0.1, 0.15) is 44.3 Å². The van der Waals surface area contributed by atoms with E-state index in [-0.39, 0.29) is 17.9 Å². The van der Waals surface area contributed by atoms with E-state index in [4.69, 9.17) is 9.72 Å². The third kappa shape index (κ3) is 2.81. The molecule has 5 heterocycles. The summed E-state index contributed by atoms with van der Waals surface area (Å²) in [4.78, 5) is 27.3. The van der Waals surface area contributed by atoms with Crippen LogP contribution in [-0.2, 0) is 9.53 Å². The molecule has 0 saturated carbocycles. The fraction of sp³-hybridized carbons (Fsp3) is 0.550. The van der Waals surface area contributed by atoms with Crippen molar-refractivity contribution in [2.24, 2.45) is 5.92 Å². The van der Waals surface area contributed by atoms with Gasteiger partial charge in [-0.3, -0.25) is 9.20 Å². The van der Waals surface area contributed by atoms with Crippen LogP contribution in [0.4, 0.5) is 0 Å². The van der Waals surface area contributed by atoms with Gasteiger partial charge < -0.3 is 14.6 Å². The first-order valence-corrected chi connectivity index (χ1v) is 9.92. The van der Waals surface area contributed by atoms with Gasteiger partial charge in [0.2, 0.25) is 0 Å². The minimum absolute atomic E-state index is 0.154. The van der Waals surface area contributed by atoms with Gasteiger partial charge in [-0.2, -0.15) is 0 Å². The molecule has 2 aliphatic heterocycles. The Balaban J connectivity index is 1.47. The number of imidazole rings is 1. The lowest BCUT2D eigenvalue weighted by Gasteiger charge is -2.38. The SMILES string of the molecule is C[C@@H]1CCN(C(=O)[C@H]2CCCCO2)C[C@@H]1c1ncc2cnc3[nH]ccc3n12. The van der Waals surface area contributed by atoms with Crippen molar-refractivity contribution in [1.29, 1.82) is 0 Å². The van der Waals surface area contributed by atoms with Crippen LogP contribution in [-0.4, -0.2) is 56.0 Å². The highest BCUT2D eigenvalue weighted by molar-refractivity contribution is 5.81. The Labute approximate surface area is 157 Å². The Hall–Kier alpha value is -2.41. The number of nitrogens with one attached hydrogen (secondary N) is 1. The molecular formula is C20H25N5O2. The van der Waals surface area contributed by atoms with E-state index in [0.29, 0.717) is 19.1 Å². The van der Waals surface area contributed by atoms with Gasteiger partial charge in [0.1, 0.15) is 11.9 Å². The molecule has 0 unspecified atom stereocenters. The number of aromatic amines is 1. The number of aromatic nitrogens is 4. The first-order valence-electron chi connectivity index (χ1n) is 9.92. The van der Waals surface area contributed by atoms with E-state index in [9.17, 15) is 4.79 Å². The Morgan fingerprint density at radius 3 is 3.00 bits per heavy atom. The Morgan fingerprint density at radius 1 is 1.26 bits per heavy atom. The molecule has 5 rings (SSSR count). The molecule has 3 aromatic rings. The average Bonchev–Trinajstić information content (AvgIpc) is 3.35. The summed E-state index contributed by atoms with van der Waals surface area (Å²) >= 11 is 0. The molecule has 0 bridgehead atoms. The first kappa shape index (κ1) is 16.7. The number of hydrogen-bond donors (Lipinski definition) is 1. The standard InChI is InChI=1S/C20H25N5O2/c1-13-6-8-24(20(26)17-4-2-3-9-27-17)12-15(13)19-23-11-14-10-22-18-16(25(14)19)5-7-21-18/h5,7,10-11,13,15,17,21H,2-4,6,8-9,12H2,1H3/t13-,15+,17-/m1/s1. The number of amides is 1. The number of carbonyl (C=O) groups excluding carboxylic acids is 1. The summed E-state index contributed by atoms with van der Waals surface area (Å²) in [7, 11) is 0. The highest BCUT2D eigenvalue weighted by Gasteiger charge is 2.35. The quantitative estimate of drug-likeness (QED) is 0.756. The molecule has 7 heteroatoms. The lowest BCUT2D eigenvalue weighted by atomic mass is 9.86. The first-order chi connectivity index (χ1) is 13.2. The van der Waals surface area contributed by atoms with E-state index < -0.39 is 0 Å². The average molecular weight is 367 g/mol. The summed E-state index contributed by atoms with van der Waals surface area (Å²) < 4.78 is 7.92. The van der Waals surface area contributed by atoms with Crippen LogP contribution in [0.15, 0.2) is 24.7 Å². The summed E-state index contributed by atoms with van der Waals surface area (Å²) in [5.41, 5.74) is 2.88. The number of rotatable bonds is 2. The highest BCUT2D eigenvalue weighted by Crippen LogP contribution is 2.33. The molecule has 1 N–H and O–H groups in total. The maximum atomic E-state index is 13.0. The molecule has 7 nitrogen and oxygen atoms in total. The van der Waals surface area contributed by atoms with Crippen molar-refractivity contribution in [3.8, 4) is 0 Å². The fourth-order valence-electron chi connectivity index (χ4n) is 4.51. The van der Waals surface area contributed by atoms with Crippen LogP contribution in [0.3, 0.4) is 0 Å². The molecule has 0 radical (unpaired) electrons. The van der Waals surface area contributed by atoms with E-state index in [2.05, 4.69) is 21.3 Å². The number of hydrogen-bond acceptors (Lipinski definition) is 4. The second kappa shape index (κ2) is 6.64. The summed E-state index contributed by atoms with van der Waals surface area (Å²) in [6.45, 7) is 4.47. The highest BCUT2D eigenvalue weighted by atomic mass is 16.5. The molecule has 0 spiro atoms. The van der Waals surface area contributed by atoms with E-state index in [1.54, 1.807) is 0 Å². The number of likely N-dealkylation sites (tertiary alicyclic amines) is 1. The molecule has 2 saturated heterocycles. The minimum Gasteiger partial charge on any atom is -0.368 e. The van der Waals surface area contributed by atoms with Gasteiger partial charge in [0.05, 0.1) is 23.4 Å². The summed E-state index contributed by atoms with van der Waals surface area (Å²) in [5.74, 6) is 1.84. The van der Waals surface area contributed by atoms with Gasteiger partial charge in [-0.1, -0.05) is 6.92 Å². The van der Waals surface area contributed by atoms with E-state index >= 15 is 0 Å². The largest absolute Gasteiger partial charge is 0.368 e. The number of H-pyrrole nitrogens is 1. The molecule has 27 heavy (non-hydrogen) atoms. The van der Waals surface area contributed by atoms with Gasteiger partial charge >= 0.3 is 0 Å². The van der Waals surface area contributed by atoms with Crippen LogP contribution >= 0.6 is 0 Å². The molecule has 142 valence electrons. The van der Waals surface area contributed by atoms with Crippen molar-refractivity contribution in [2.45, 2.75) is 44.6 Å². The fourth-order valence-corrected chi connectivity index (χ4v) is 4.51. The van der Waals surface area contributed by atoms with Crippen LogP contribution in [0, 0.1) is 5.92 Å². The van der Waals surface area contributed by atoms with Gasteiger partial charge in [0, 0.05) is 31.8 Å². The predicted molar refractivity (Wildman–Crippen MR) is 102 cm³/mol. The number of fused-ring (bicyclic) bond motifs is 3. The van der Waals surface area contributed by atoms with E-state index in [0.717, 1.165) is 54.7 Å². The third-order valence-electron chi connectivity index (χ3n) is 6.14. The van der Waals surface area contributed by atoms with Crippen LogP contribution in [0.5, 0.6) is 0 Å². The van der Waals surface area contributed by atoms with Crippen LogP contribution < -0.4 is 0 Å². The third-order valence-corrected chi connectivity index (χ3v) is 6.14. The van der Waals surface area contributed by atoms with Crippen molar-refractivity contribution in [2.75, 3.05) is 19.7 Å². The van der Waals surface area contributed by atoms with Crippen molar-refractivity contribution >= 4 is 22.6 Å². The van der Waals surface area contributed by atoms with Gasteiger partial charge in [-0.15, -0.1) is 0 Å². The monoisotopic (exact) mass is 367 g/mol. The zero-order valence-electron chi connectivity index (χ0n) is 15.6. The van der Waals surface area contributed by atoms with Gasteiger partial charge in [-0.05, 0) is 37.7 Å². The lowest BCUT2D eigenvalue weighted by Crippen LogP contribution is -2.48. The Kier molecular flexibility index (Phi) is 4.11. The molecule has 3 aromatic heterocycles. The number of carbonyl (C=O) groups is 1. The number of nitrogens with zero attached hydrogens (tertiary/aromatic N) is 4. The summed E-state index contributed by atoms with van der Waals surface area (Å²) in [6.07, 6.45) is 9.34. The maximum Gasteiger partial charge on any atom is 0.251 e. The maximum absolute atomic E-state index is 13.0. The van der Waals surface area contributed by atoms with Gasteiger partial charge in [0.15, 0.2) is 5.65 Å². The van der Waals surface area contributed by atoms with Crippen molar-refractivity contribution < 1.29 is 9.53 Å². The molecule has 2 aliphatic rings. The Morgan fingerprint density at radius 2 is 2.15 bits per heavy atom. The van der Waals surface area contributed by atoms with Crippen molar-refractivity contribution in [3.05, 3.63) is 30.5 Å². The smallest absolute Gasteiger partial charge is 0.251 e. The van der Waals surface area contributed by atoms with Crippen LogP contribution in [0.25, 0.3) is 16.7 Å². The van der Waals surface area contributed by atoms with E-state index in [1.807, 2.05) is 29.6 Å². The van der Waals surface area contributed by atoms with Crippen molar-refractivity contribution in [3.63, 3.8) is 0 Å².